The van der Waals surface area contributed by atoms with Gasteiger partial charge in [-0.3, -0.25) is 14.9 Å². The average Bonchev–Trinajstić information content (AvgIpc) is 2.34. The van der Waals surface area contributed by atoms with Gasteiger partial charge in [-0.2, -0.15) is 0 Å². The number of nitro groups is 1. The largest absolute Gasteiger partial charge is 0.337 e. The fourth-order valence-electron chi connectivity index (χ4n) is 1.75. The van der Waals surface area contributed by atoms with Gasteiger partial charge in [0.2, 0.25) is 5.91 Å². The molecular weight excluding hydrogens is 246 g/mol. The molecule has 100 valence electrons. The number of nitrogens with zero attached hydrogens (tertiary/aromatic N) is 2. The van der Waals surface area contributed by atoms with E-state index in [-0.39, 0.29) is 17.6 Å². The molecule has 2 rings (SSSR count). The Balaban J connectivity index is 2.03. The first kappa shape index (κ1) is 13.2. The standard InChI is InChI=1S/C13H15N3O3/c1-15(12-8-14-9-12)13(17)6-5-10-3-2-4-11(7-10)16(18)19/h2-7,12,14H,8-9H2,1H3. The van der Waals surface area contributed by atoms with Crippen molar-refractivity contribution >= 4 is 17.7 Å². The molecule has 6 nitrogen and oxygen atoms in total. The molecule has 0 spiro atoms. The molecule has 0 atom stereocenters. The van der Waals surface area contributed by atoms with Crippen LogP contribution in [0.25, 0.3) is 6.08 Å². The number of carbonyl (C=O) groups is 1. The molecule has 1 amide bonds. The average molecular weight is 261 g/mol. The van der Waals surface area contributed by atoms with Crippen LogP contribution >= 0.6 is 0 Å². The molecule has 1 aromatic rings. The van der Waals surface area contributed by atoms with Crippen LogP contribution in [0.1, 0.15) is 5.56 Å². The summed E-state index contributed by atoms with van der Waals surface area (Å²) in [5, 5.41) is 13.7. The van der Waals surface area contributed by atoms with Crippen LogP contribution < -0.4 is 5.32 Å². The van der Waals surface area contributed by atoms with Gasteiger partial charge < -0.3 is 10.2 Å². The zero-order chi connectivity index (χ0) is 13.8. The molecule has 1 aromatic carbocycles. The predicted molar refractivity (Wildman–Crippen MR) is 71.6 cm³/mol. The van der Waals surface area contributed by atoms with Crippen molar-refractivity contribution in [3.8, 4) is 0 Å². The third-order valence-electron chi connectivity index (χ3n) is 3.15. The van der Waals surface area contributed by atoms with Crippen LogP contribution in [0.4, 0.5) is 5.69 Å². The summed E-state index contributed by atoms with van der Waals surface area (Å²) in [6, 6.07) is 6.42. The molecule has 0 saturated carbocycles. The third kappa shape index (κ3) is 3.17. The number of nitrogens with one attached hydrogen (secondary N) is 1. The van der Waals surface area contributed by atoms with Crippen molar-refractivity contribution in [2.75, 3.05) is 20.1 Å². The smallest absolute Gasteiger partial charge is 0.270 e. The van der Waals surface area contributed by atoms with Crippen molar-refractivity contribution in [3.63, 3.8) is 0 Å². The maximum absolute atomic E-state index is 11.8. The van der Waals surface area contributed by atoms with Gasteiger partial charge in [-0.05, 0) is 11.6 Å². The minimum absolute atomic E-state index is 0.0196. The maximum Gasteiger partial charge on any atom is 0.270 e. The van der Waals surface area contributed by atoms with E-state index in [2.05, 4.69) is 5.32 Å². The first-order chi connectivity index (χ1) is 9.08. The van der Waals surface area contributed by atoms with E-state index in [1.807, 2.05) is 0 Å². The van der Waals surface area contributed by atoms with Crippen molar-refractivity contribution in [2.24, 2.45) is 0 Å². The number of nitro benzene ring substituents is 1. The van der Waals surface area contributed by atoms with E-state index >= 15 is 0 Å². The molecule has 0 radical (unpaired) electrons. The normalized spacial score (nSPS) is 15.2. The Morgan fingerprint density at radius 2 is 2.26 bits per heavy atom. The highest BCUT2D eigenvalue weighted by atomic mass is 16.6. The number of carbonyl (C=O) groups excluding carboxylic acids is 1. The van der Waals surface area contributed by atoms with E-state index < -0.39 is 4.92 Å². The van der Waals surface area contributed by atoms with Gasteiger partial charge in [0.15, 0.2) is 0 Å². The highest BCUT2D eigenvalue weighted by Gasteiger charge is 2.23. The Labute approximate surface area is 110 Å². The summed E-state index contributed by atoms with van der Waals surface area (Å²) in [5.41, 5.74) is 0.661. The van der Waals surface area contributed by atoms with Crippen molar-refractivity contribution in [2.45, 2.75) is 6.04 Å². The number of likely N-dealkylation sites (N-methyl/N-ethyl adjacent to an activating group) is 1. The Kier molecular flexibility index (Phi) is 3.91. The van der Waals surface area contributed by atoms with Gasteiger partial charge in [0.25, 0.3) is 5.69 Å². The van der Waals surface area contributed by atoms with E-state index in [4.69, 9.17) is 0 Å². The lowest BCUT2D eigenvalue weighted by molar-refractivity contribution is -0.384. The Hall–Kier alpha value is -2.21. The van der Waals surface area contributed by atoms with Crippen molar-refractivity contribution in [1.82, 2.24) is 10.2 Å². The fourth-order valence-corrected chi connectivity index (χ4v) is 1.75. The van der Waals surface area contributed by atoms with Gasteiger partial charge in [0.05, 0.1) is 11.0 Å². The quantitative estimate of drug-likeness (QED) is 0.499. The van der Waals surface area contributed by atoms with E-state index in [9.17, 15) is 14.9 Å². The van der Waals surface area contributed by atoms with Crippen molar-refractivity contribution in [3.05, 3.63) is 46.0 Å². The third-order valence-corrected chi connectivity index (χ3v) is 3.15. The number of amides is 1. The molecule has 1 aliphatic heterocycles. The number of benzene rings is 1. The first-order valence-corrected chi connectivity index (χ1v) is 5.98. The molecule has 1 N–H and O–H groups in total. The van der Waals surface area contributed by atoms with Crippen LogP contribution in [-0.2, 0) is 4.79 Å². The molecule has 1 saturated heterocycles. The number of hydrogen-bond donors (Lipinski definition) is 1. The summed E-state index contributed by atoms with van der Waals surface area (Å²) < 4.78 is 0. The summed E-state index contributed by atoms with van der Waals surface area (Å²) in [6.07, 6.45) is 3.04. The van der Waals surface area contributed by atoms with Crippen LogP contribution in [-0.4, -0.2) is 41.9 Å². The molecule has 6 heteroatoms. The zero-order valence-corrected chi connectivity index (χ0v) is 10.6. The van der Waals surface area contributed by atoms with Gasteiger partial charge in [-0.15, -0.1) is 0 Å². The molecule has 0 aromatic heterocycles. The van der Waals surface area contributed by atoms with Gasteiger partial charge in [0, 0.05) is 38.3 Å². The molecular formula is C13H15N3O3. The molecule has 0 bridgehead atoms. The van der Waals surface area contributed by atoms with Crippen LogP contribution in [0.3, 0.4) is 0 Å². The monoisotopic (exact) mass is 261 g/mol. The van der Waals surface area contributed by atoms with Crippen LogP contribution in [0.5, 0.6) is 0 Å². The summed E-state index contributed by atoms with van der Waals surface area (Å²) >= 11 is 0. The summed E-state index contributed by atoms with van der Waals surface area (Å²) in [5.74, 6) is -0.0991. The van der Waals surface area contributed by atoms with Gasteiger partial charge >= 0.3 is 0 Å². The van der Waals surface area contributed by atoms with Gasteiger partial charge in [-0.1, -0.05) is 12.1 Å². The SMILES string of the molecule is CN(C(=O)C=Cc1cccc([N+](=O)[O-])c1)C1CNC1. The molecule has 0 unspecified atom stereocenters. The van der Waals surface area contributed by atoms with Crippen LogP contribution in [0, 0.1) is 10.1 Å². The minimum atomic E-state index is -0.453. The predicted octanol–water partition coefficient (Wildman–Crippen LogP) is 1.04. The second-order valence-electron chi connectivity index (χ2n) is 4.45. The van der Waals surface area contributed by atoms with Crippen LogP contribution in [0.15, 0.2) is 30.3 Å². The van der Waals surface area contributed by atoms with Crippen LogP contribution in [0.2, 0.25) is 0 Å². The lowest BCUT2D eigenvalue weighted by Crippen LogP contribution is -2.57. The second kappa shape index (κ2) is 5.62. The molecule has 1 fully saturated rings. The van der Waals surface area contributed by atoms with E-state index in [1.165, 1.54) is 18.2 Å². The van der Waals surface area contributed by atoms with E-state index in [0.717, 1.165) is 13.1 Å². The minimum Gasteiger partial charge on any atom is -0.337 e. The summed E-state index contributed by atoms with van der Waals surface area (Å²) in [7, 11) is 1.76. The number of rotatable bonds is 4. The molecule has 0 aliphatic carbocycles. The second-order valence-corrected chi connectivity index (χ2v) is 4.45. The van der Waals surface area contributed by atoms with E-state index in [1.54, 1.807) is 30.2 Å². The number of hydrogen-bond acceptors (Lipinski definition) is 4. The van der Waals surface area contributed by atoms with Gasteiger partial charge in [0.1, 0.15) is 0 Å². The Morgan fingerprint density at radius 3 is 2.84 bits per heavy atom. The van der Waals surface area contributed by atoms with Gasteiger partial charge in [-0.25, -0.2) is 0 Å². The maximum atomic E-state index is 11.8. The fraction of sp³-hybridized carbons (Fsp3) is 0.308. The van der Waals surface area contributed by atoms with Crippen molar-refractivity contribution < 1.29 is 9.72 Å². The highest BCUT2D eigenvalue weighted by Crippen LogP contribution is 2.14. The van der Waals surface area contributed by atoms with E-state index in [0.29, 0.717) is 5.56 Å². The first-order valence-electron chi connectivity index (χ1n) is 5.98. The zero-order valence-electron chi connectivity index (χ0n) is 10.6. The molecule has 1 heterocycles. The lowest BCUT2D eigenvalue weighted by atomic mass is 10.1. The summed E-state index contributed by atoms with van der Waals surface area (Å²) in [6.45, 7) is 1.62. The number of non-ortho nitro benzene ring substituents is 1. The topological polar surface area (TPSA) is 75.5 Å². The molecule has 19 heavy (non-hydrogen) atoms. The molecule has 1 aliphatic rings. The summed E-state index contributed by atoms with van der Waals surface area (Å²) in [4.78, 5) is 23.7. The lowest BCUT2D eigenvalue weighted by Gasteiger charge is -2.34. The van der Waals surface area contributed by atoms with Crippen molar-refractivity contribution in [1.29, 1.82) is 0 Å². The Morgan fingerprint density at radius 1 is 1.53 bits per heavy atom. The Bertz CT molecular complexity index is 524. The highest BCUT2D eigenvalue weighted by molar-refractivity contribution is 5.92.